The standard InChI is InChI=1S/C13H8BrCl2FN2O2/c14-10-1-2-11(13(16)12(10)15)18-6-7-3-8(17)5-9(4-7)19(20)21/h1-5,18H,6H2. The molecular formula is C13H8BrCl2FN2O2. The van der Waals surface area contributed by atoms with Gasteiger partial charge in [-0.05, 0) is 39.7 Å². The maximum Gasteiger partial charge on any atom is 0.272 e. The molecule has 0 aliphatic carbocycles. The van der Waals surface area contributed by atoms with Crippen LogP contribution >= 0.6 is 39.1 Å². The van der Waals surface area contributed by atoms with Gasteiger partial charge in [0.15, 0.2) is 0 Å². The van der Waals surface area contributed by atoms with Gasteiger partial charge >= 0.3 is 0 Å². The predicted octanol–water partition coefficient (Wildman–Crippen LogP) is 5.42. The van der Waals surface area contributed by atoms with Crippen LogP contribution in [0.15, 0.2) is 34.8 Å². The number of benzene rings is 2. The summed E-state index contributed by atoms with van der Waals surface area (Å²) in [6.45, 7) is 0.177. The third-order valence-corrected chi connectivity index (χ3v) is 4.44. The van der Waals surface area contributed by atoms with E-state index in [0.29, 0.717) is 25.8 Å². The molecule has 2 aromatic carbocycles. The van der Waals surface area contributed by atoms with Gasteiger partial charge in [-0.1, -0.05) is 23.2 Å². The Kier molecular flexibility index (Phi) is 5.03. The van der Waals surface area contributed by atoms with E-state index < -0.39 is 10.7 Å². The molecular weight excluding hydrogens is 386 g/mol. The molecule has 0 aromatic heterocycles. The zero-order valence-electron chi connectivity index (χ0n) is 10.4. The normalized spacial score (nSPS) is 10.5. The van der Waals surface area contributed by atoms with Crippen molar-refractivity contribution < 1.29 is 9.31 Å². The summed E-state index contributed by atoms with van der Waals surface area (Å²) in [6.07, 6.45) is 0. The van der Waals surface area contributed by atoms with Crippen molar-refractivity contribution in [1.29, 1.82) is 0 Å². The fraction of sp³-hybridized carbons (Fsp3) is 0.0769. The van der Waals surface area contributed by atoms with Crippen LogP contribution in [0.5, 0.6) is 0 Å². The molecule has 0 spiro atoms. The highest BCUT2D eigenvalue weighted by Gasteiger charge is 2.11. The first-order valence-electron chi connectivity index (χ1n) is 5.69. The van der Waals surface area contributed by atoms with Crippen LogP contribution in [-0.2, 0) is 6.54 Å². The molecule has 4 nitrogen and oxygen atoms in total. The van der Waals surface area contributed by atoms with Gasteiger partial charge in [-0.2, -0.15) is 0 Å². The molecule has 21 heavy (non-hydrogen) atoms. The molecule has 0 saturated carbocycles. The molecule has 2 rings (SSSR count). The quantitative estimate of drug-likeness (QED) is 0.429. The molecule has 0 unspecified atom stereocenters. The van der Waals surface area contributed by atoms with E-state index in [-0.39, 0.29) is 12.2 Å². The highest BCUT2D eigenvalue weighted by Crippen LogP contribution is 2.36. The number of nitrogens with one attached hydrogen (secondary N) is 1. The van der Waals surface area contributed by atoms with Crippen LogP contribution < -0.4 is 5.32 Å². The van der Waals surface area contributed by atoms with Crippen LogP contribution in [0.4, 0.5) is 15.8 Å². The van der Waals surface area contributed by atoms with Gasteiger partial charge in [0.2, 0.25) is 0 Å². The van der Waals surface area contributed by atoms with Crippen LogP contribution in [0, 0.1) is 15.9 Å². The van der Waals surface area contributed by atoms with E-state index >= 15 is 0 Å². The maximum absolute atomic E-state index is 13.3. The van der Waals surface area contributed by atoms with Crippen molar-refractivity contribution in [2.45, 2.75) is 6.54 Å². The van der Waals surface area contributed by atoms with Crippen molar-refractivity contribution in [2.24, 2.45) is 0 Å². The Bertz CT molecular complexity index is 713. The largest absolute Gasteiger partial charge is 0.380 e. The SMILES string of the molecule is O=[N+]([O-])c1cc(F)cc(CNc2ccc(Br)c(Cl)c2Cl)c1. The van der Waals surface area contributed by atoms with E-state index in [1.54, 1.807) is 12.1 Å². The first-order chi connectivity index (χ1) is 9.88. The highest BCUT2D eigenvalue weighted by atomic mass is 79.9. The van der Waals surface area contributed by atoms with Crippen molar-refractivity contribution in [1.82, 2.24) is 0 Å². The van der Waals surface area contributed by atoms with Gasteiger partial charge in [-0.15, -0.1) is 0 Å². The zero-order chi connectivity index (χ0) is 15.6. The average Bonchev–Trinajstić information content (AvgIpc) is 2.43. The monoisotopic (exact) mass is 392 g/mol. The fourth-order valence-electron chi connectivity index (χ4n) is 1.70. The number of rotatable bonds is 4. The van der Waals surface area contributed by atoms with Crippen LogP contribution in [0.3, 0.4) is 0 Å². The molecule has 2 aromatic rings. The Morgan fingerprint density at radius 3 is 2.62 bits per heavy atom. The summed E-state index contributed by atoms with van der Waals surface area (Å²) in [7, 11) is 0. The second kappa shape index (κ2) is 6.60. The Morgan fingerprint density at radius 2 is 1.95 bits per heavy atom. The molecule has 0 aliphatic rings. The van der Waals surface area contributed by atoms with Gasteiger partial charge in [0.1, 0.15) is 5.82 Å². The number of nitro groups is 1. The number of hydrogen-bond donors (Lipinski definition) is 1. The topological polar surface area (TPSA) is 55.2 Å². The second-order valence-electron chi connectivity index (χ2n) is 4.15. The van der Waals surface area contributed by atoms with E-state index in [4.69, 9.17) is 23.2 Å². The van der Waals surface area contributed by atoms with Gasteiger partial charge in [-0.3, -0.25) is 10.1 Å². The lowest BCUT2D eigenvalue weighted by molar-refractivity contribution is -0.385. The Hall–Kier alpha value is -1.37. The van der Waals surface area contributed by atoms with E-state index in [1.807, 2.05) is 0 Å². The molecule has 0 amide bonds. The van der Waals surface area contributed by atoms with Crippen LogP contribution in [-0.4, -0.2) is 4.92 Å². The number of anilines is 1. The van der Waals surface area contributed by atoms with Crippen molar-refractivity contribution in [2.75, 3.05) is 5.32 Å². The summed E-state index contributed by atoms with van der Waals surface area (Å²) in [5.74, 6) is -0.666. The summed E-state index contributed by atoms with van der Waals surface area (Å²) in [6, 6.07) is 6.79. The summed E-state index contributed by atoms with van der Waals surface area (Å²) < 4.78 is 14.0. The third kappa shape index (κ3) is 3.84. The van der Waals surface area contributed by atoms with Crippen LogP contribution in [0.1, 0.15) is 5.56 Å². The minimum atomic E-state index is -0.666. The number of nitrogens with zero attached hydrogens (tertiary/aromatic N) is 1. The molecule has 8 heteroatoms. The molecule has 0 radical (unpaired) electrons. The number of halogens is 4. The van der Waals surface area contributed by atoms with E-state index in [2.05, 4.69) is 21.2 Å². The Balaban J connectivity index is 2.21. The first kappa shape index (κ1) is 16.0. The van der Waals surface area contributed by atoms with Crippen molar-refractivity contribution in [3.8, 4) is 0 Å². The fourth-order valence-corrected chi connectivity index (χ4v) is 2.54. The Labute approximate surface area is 138 Å². The smallest absolute Gasteiger partial charge is 0.272 e. The van der Waals surface area contributed by atoms with Gasteiger partial charge in [0, 0.05) is 17.1 Å². The lowest BCUT2D eigenvalue weighted by Gasteiger charge is -2.10. The zero-order valence-corrected chi connectivity index (χ0v) is 13.5. The van der Waals surface area contributed by atoms with Crippen molar-refractivity contribution in [3.05, 3.63) is 66.3 Å². The number of non-ortho nitro benzene ring substituents is 1. The predicted molar refractivity (Wildman–Crippen MR) is 84.5 cm³/mol. The first-order valence-corrected chi connectivity index (χ1v) is 7.24. The summed E-state index contributed by atoms with van der Waals surface area (Å²) >= 11 is 15.3. The van der Waals surface area contributed by atoms with E-state index in [1.165, 1.54) is 12.1 Å². The molecule has 0 fully saturated rings. The van der Waals surface area contributed by atoms with Gasteiger partial charge in [0.25, 0.3) is 5.69 Å². The van der Waals surface area contributed by atoms with Gasteiger partial charge in [-0.25, -0.2) is 4.39 Å². The molecule has 0 bridgehead atoms. The van der Waals surface area contributed by atoms with E-state index in [9.17, 15) is 14.5 Å². The van der Waals surface area contributed by atoms with Crippen molar-refractivity contribution >= 4 is 50.5 Å². The minimum Gasteiger partial charge on any atom is -0.380 e. The Morgan fingerprint density at radius 1 is 1.24 bits per heavy atom. The van der Waals surface area contributed by atoms with Gasteiger partial charge in [0.05, 0.1) is 26.7 Å². The minimum absolute atomic E-state index is 0.177. The molecule has 0 atom stereocenters. The van der Waals surface area contributed by atoms with Crippen LogP contribution in [0.2, 0.25) is 10.0 Å². The van der Waals surface area contributed by atoms with Crippen LogP contribution in [0.25, 0.3) is 0 Å². The van der Waals surface area contributed by atoms with Gasteiger partial charge < -0.3 is 5.32 Å². The summed E-state index contributed by atoms with van der Waals surface area (Å²) in [5, 5.41) is 14.3. The molecule has 1 N–H and O–H groups in total. The number of hydrogen-bond acceptors (Lipinski definition) is 3. The average molecular weight is 394 g/mol. The third-order valence-electron chi connectivity index (χ3n) is 2.67. The lowest BCUT2D eigenvalue weighted by Crippen LogP contribution is -2.02. The lowest BCUT2D eigenvalue weighted by atomic mass is 10.2. The second-order valence-corrected chi connectivity index (χ2v) is 5.76. The highest BCUT2D eigenvalue weighted by molar-refractivity contribution is 9.10. The summed E-state index contributed by atoms with van der Waals surface area (Å²) in [4.78, 5) is 10.0. The maximum atomic E-state index is 13.3. The molecule has 0 heterocycles. The number of nitro benzene ring substituents is 1. The summed E-state index contributed by atoms with van der Waals surface area (Å²) in [5.41, 5.74) is 0.681. The van der Waals surface area contributed by atoms with Crippen molar-refractivity contribution in [3.63, 3.8) is 0 Å². The molecule has 110 valence electrons. The molecule has 0 saturated heterocycles. The molecule has 0 aliphatic heterocycles. The van der Waals surface area contributed by atoms with E-state index in [0.717, 1.165) is 6.07 Å².